The Morgan fingerprint density at radius 2 is 1.92 bits per heavy atom. The van der Waals surface area contributed by atoms with Crippen LogP contribution in [0.3, 0.4) is 0 Å². The Morgan fingerprint density at radius 3 is 2.61 bits per heavy atom. The molecule has 0 fully saturated rings. The van der Waals surface area contributed by atoms with Crippen molar-refractivity contribution in [1.29, 1.82) is 5.26 Å². The van der Waals surface area contributed by atoms with Gasteiger partial charge >= 0.3 is 12.1 Å². The second kappa shape index (κ2) is 9.68. The molecule has 0 saturated heterocycles. The number of carbonyl (C=O) groups excluding carboxylic acids is 1. The van der Waals surface area contributed by atoms with E-state index in [0.29, 0.717) is 29.0 Å². The third-order valence-electron chi connectivity index (χ3n) is 5.85. The van der Waals surface area contributed by atoms with Crippen LogP contribution in [0, 0.1) is 11.3 Å². The molecule has 1 aliphatic rings. The molecule has 1 atom stereocenters. The number of carboxylic acid groups (broad SMARTS) is 1. The summed E-state index contributed by atoms with van der Waals surface area (Å²) in [5.41, 5.74) is 0.315. The second-order valence-electron chi connectivity index (χ2n) is 8.31. The van der Waals surface area contributed by atoms with Crippen LogP contribution in [-0.2, 0) is 11.0 Å². The van der Waals surface area contributed by atoms with Gasteiger partial charge in [-0.15, -0.1) is 0 Å². The van der Waals surface area contributed by atoms with Crippen molar-refractivity contribution in [3.63, 3.8) is 0 Å². The van der Waals surface area contributed by atoms with E-state index in [1.807, 2.05) is 6.07 Å². The number of thiazole rings is 1. The number of benzene rings is 3. The van der Waals surface area contributed by atoms with Crippen LogP contribution in [0.1, 0.15) is 39.4 Å². The van der Waals surface area contributed by atoms with E-state index >= 15 is 0 Å². The van der Waals surface area contributed by atoms with Crippen LogP contribution in [0.25, 0.3) is 10.2 Å². The summed E-state index contributed by atoms with van der Waals surface area (Å²) in [6.45, 7) is 0.220. The minimum absolute atomic E-state index is 0.131. The fraction of sp³-hybridized carbons (Fsp3) is 0.154. The van der Waals surface area contributed by atoms with Gasteiger partial charge in [0, 0.05) is 17.2 Å². The van der Waals surface area contributed by atoms with Gasteiger partial charge in [-0.25, -0.2) is 4.98 Å². The van der Waals surface area contributed by atoms with Crippen LogP contribution in [0.5, 0.6) is 17.2 Å². The molecule has 192 valence electrons. The lowest BCUT2D eigenvalue weighted by Crippen LogP contribution is -2.21. The second-order valence-corrected chi connectivity index (χ2v) is 9.34. The molecule has 2 N–H and O–H groups in total. The third-order valence-corrected chi connectivity index (χ3v) is 6.78. The minimum atomic E-state index is -4.48. The number of fused-ring (bicyclic) bond motifs is 2. The molecule has 1 aromatic heterocycles. The van der Waals surface area contributed by atoms with E-state index in [-0.39, 0.29) is 33.3 Å². The van der Waals surface area contributed by atoms with Crippen LogP contribution >= 0.6 is 11.3 Å². The molecule has 1 aliphatic heterocycles. The maximum Gasteiger partial charge on any atom is 0.416 e. The number of rotatable bonds is 5. The summed E-state index contributed by atoms with van der Waals surface area (Å²) in [5, 5.41) is 21.7. The van der Waals surface area contributed by atoms with Crippen LogP contribution < -0.4 is 14.8 Å². The molecule has 5 rings (SSSR count). The van der Waals surface area contributed by atoms with Crippen molar-refractivity contribution >= 4 is 38.6 Å². The summed E-state index contributed by atoms with van der Waals surface area (Å²) in [4.78, 5) is 28.4. The first kappa shape index (κ1) is 25.0. The predicted octanol–water partition coefficient (Wildman–Crippen LogP) is 6.18. The average Bonchev–Trinajstić information content (AvgIpc) is 3.29. The molecule has 12 heteroatoms. The zero-order valence-electron chi connectivity index (χ0n) is 19.2. The Kier molecular flexibility index (Phi) is 6.38. The number of ether oxygens (including phenoxy) is 2. The fourth-order valence-electron chi connectivity index (χ4n) is 3.97. The number of aliphatic carboxylic acids is 1. The quantitative estimate of drug-likeness (QED) is 0.311. The zero-order valence-corrected chi connectivity index (χ0v) is 20.0. The normalized spacial score (nSPS) is 14.7. The number of anilines is 1. The minimum Gasteiger partial charge on any atom is -0.493 e. The first-order valence-corrected chi connectivity index (χ1v) is 11.9. The molecule has 4 aromatic rings. The molecule has 1 amide bonds. The van der Waals surface area contributed by atoms with Gasteiger partial charge < -0.3 is 14.6 Å². The van der Waals surface area contributed by atoms with Crippen molar-refractivity contribution in [2.45, 2.75) is 18.5 Å². The number of alkyl halides is 3. The zero-order chi connectivity index (χ0) is 27.0. The van der Waals surface area contributed by atoms with E-state index in [1.54, 1.807) is 0 Å². The summed E-state index contributed by atoms with van der Waals surface area (Å²) in [5.74, 6) is -1.50. The topological polar surface area (TPSA) is 122 Å². The van der Waals surface area contributed by atoms with Gasteiger partial charge in [-0.05, 0) is 55.0 Å². The number of carboxylic acids is 1. The standard InChI is InChI=1S/C26H16F3N3O5S/c27-26(28,29)15-3-6-19-22(10-15)38-25(31-19)32-23(33)13-1-4-16(5-2-13)37-20-11-21-18(9-14(20)12-30)17(24(34)35)7-8-36-21/h1-6,9-11,17H,7-8H2,(H,34,35)(H,31,32,33). The lowest BCUT2D eigenvalue weighted by molar-refractivity contribution is -0.139. The van der Waals surface area contributed by atoms with Crippen LogP contribution in [0.2, 0.25) is 0 Å². The Morgan fingerprint density at radius 1 is 1.16 bits per heavy atom. The summed E-state index contributed by atoms with van der Waals surface area (Å²) in [6, 6.07) is 14.0. The fourth-order valence-corrected chi connectivity index (χ4v) is 4.87. The molecular formula is C26H16F3N3O5S. The largest absolute Gasteiger partial charge is 0.493 e. The number of amides is 1. The summed E-state index contributed by atoms with van der Waals surface area (Å²) >= 11 is 0.926. The maximum atomic E-state index is 12.9. The van der Waals surface area contributed by atoms with Crippen molar-refractivity contribution in [2.24, 2.45) is 0 Å². The molecule has 0 spiro atoms. The van der Waals surface area contributed by atoms with E-state index in [2.05, 4.69) is 10.3 Å². The average molecular weight is 539 g/mol. The van der Waals surface area contributed by atoms with E-state index in [1.165, 1.54) is 42.5 Å². The number of nitriles is 1. The molecule has 0 bridgehead atoms. The van der Waals surface area contributed by atoms with Crippen molar-refractivity contribution in [2.75, 3.05) is 11.9 Å². The van der Waals surface area contributed by atoms with E-state index in [9.17, 15) is 33.1 Å². The van der Waals surface area contributed by atoms with E-state index < -0.39 is 29.5 Å². The van der Waals surface area contributed by atoms with Gasteiger partial charge in [0.25, 0.3) is 5.91 Å². The van der Waals surface area contributed by atoms with Crippen molar-refractivity contribution in [3.05, 3.63) is 76.9 Å². The maximum absolute atomic E-state index is 12.9. The summed E-state index contributed by atoms with van der Waals surface area (Å²) in [7, 11) is 0. The third kappa shape index (κ3) is 4.96. The van der Waals surface area contributed by atoms with Crippen molar-refractivity contribution < 1.29 is 37.3 Å². The van der Waals surface area contributed by atoms with E-state index in [0.717, 1.165) is 23.5 Å². The van der Waals surface area contributed by atoms with Gasteiger partial charge in [0.15, 0.2) is 5.13 Å². The van der Waals surface area contributed by atoms with Crippen molar-refractivity contribution in [3.8, 4) is 23.3 Å². The molecule has 0 saturated carbocycles. The van der Waals surface area contributed by atoms with Gasteiger partial charge in [0.05, 0.1) is 33.9 Å². The molecule has 1 unspecified atom stereocenters. The molecule has 0 radical (unpaired) electrons. The van der Waals surface area contributed by atoms with Gasteiger partial charge in [-0.3, -0.25) is 14.9 Å². The highest BCUT2D eigenvalue weighted by Gasteiger charge is 2.31. The SMILES string of the molecule is N#Cc1cc2c(cc1Oc1ccc(C(=O)Nc3nc4ccc(C(F)(F)F)cc4s3)cc1)OCCC2C(=O)O. The highest BCUT2D eigenvalue weighted by molar-refractivity contribution is 7.22. The number of nitrogens with one attached hydrogen (secondary N) is 1. The number of hydrogen-bond acceptors (Lipinski definition) is 7. The highest BCUT2D eigenvalue weighted by Crippen LogP contribution is 2.40. The number of hydrogen-bond donors (Lipinski definition) is 2. The molecule has 38 heavy (non-hydrogen) atoms. The van der Waals surface area contributed by atoms with Gasteiger partial charge in [0.2, 0.25) is 0 Å². The van der Waals surface area contributed by atoms with Crippen LogP contribution in [-0.4, -0.2) is 28.6 Å². The number of halogens is 3. The first-order chi connectivity index (χ1) is 18.1. The van der Waals surface area contributed by atoms with Crippen LogP contribution in [0.4, 0.5) is 18.3 Å². The molecule has 2 heterocycles. The first-order valence-electron chi connectivity index (χ1n) is 11.1. The summed E-state index contributed by atoms with van der Waals surface area (Å²) < 4.78 is 50.5. The molecule has 0 aliphatic carbocycles. The van der Waals surface area contributed by atoms with Gasteiger partial charge in [-0.1, -0.05) is 11.3 Å². The predicted molar refractivity (Wildman–Crippen MR) is 131 cm³/mol. The molecule has 8 nitrogen and oxygen atoms in total. The monoisotopic (exact) mass is 539 g/mol. The smallest absolute Gasteiger partial charge is 0.416 e. The number of carbonyl (C=O) groups is 2. The van der Waals surface area contributed by atoms with Gasteiger partial charge in [0.1, 0.15) is 23.3 Å². The Hall–Kier alpha value is -4.63. The highest BCUT2D eigenvalue weighted by atomic mass is 32.1. The Bertz CT molecular complexity index is 1610. The van der Waals surface area contributed by atoms with Crippen LogP contribution in [0.15, 0.2) is 54.6 Å². The lowest BCUT2D eigenvalue weighted by atomic mass is 9.91. The Balaban J connectivity index is 1.31. The number of aromatic nitrogens is 1. The molecular weight excluding hydrogens is 523 g/mol. The van der Waals surface area contributed by atoms with Crippen molar-refractivity contribution in [1.82, 2.24) is 4.98 Å². The number of nitrogens with zero attached hydrogens (tertiary/aromatic N) is 2. The summed E-state index contributed by atoms with van der Waals surface area (Å²) in [6.07, 6.45) is -4.19. The Labute approximate surface area is 216 Å². The van der Waals surface area contributed by atoms with Gasteiger partial charge in [-0.2, -0.15) is 18.4 Å². The van der Waals surface area contributed by atoms with E-state index in [4.69, 9.17) is 9.47 Å². The lowest BCUT2D eigenvalue weighted by Gasteiger charge is -2.24. The molecule has 3 aromatic carbocycles.